The highest BCUT2D eigenvalue weighted by Crippen LogP contribution is 2.43. The lowest BCUT2D eigenvalue weighted by molar-refractivity contribution is -0.870. The first-order valence-corrected chi connectivity index (χ1v) is 28.0. The molecule has 3 unspecified atom stereocenters. The molecule has 8 nitrogen and oxygen atoms in total. The van der Waals surface area contributed by atoms with Crippen molar-refractivity contribution in [1.29, 1.82) is 0 Å². The van der Waals surface area contributed by atoms with Crippen LogP contribution in [0, 0.1) is 0 Å². The first kappa shape index (κ1) is 61.5. The number of aliphatic hydroxyl groups excluding tert-OH is 1. The fourth-order valence-corrected chi connectivity index (χ4v) is 8.29. The van der Waals surface area contributed by atoms with Crippen LogP contribution in [0.4, 0.5) is 0 Å². The standard InChI is InChI=1S/C54H103N2O6P/c1-6-8-10-12-14-16-18-20-22-24-25-26-27-28-29-30-31-32-33-35-37-39-41-43-45-47-53(57)52(51-62-63(59,60)61-50-49-56(3,4)5)55-54(58)48-46-44-42-40-38-36-34-23-21-19-17-15-13-11-9-7-2/h17,19,23,34,37,39,45,47,52-53,57H,6-16,18,20-22,24-33,35-36,38,40-44,46,48-51H2,1-5H3,(H-,55,58,59,60)/p+1/b19-17-,34-23-,39-37+,47-45+. The number of allylic oxidation sites excluding steroid dienone is 7. The van der Waals surface area contributed by atoms with Crippen molar-refractivity contribution in [2.45, 2.75) is 251 Å². The van der Waals surface area contributed by atoms with Crippen LogP contribution in [0.1, 0.15) is 239 Å². The third kappa shape index (κ3) is 48.2. The second kappa shape index (κ2) is 45.6. The molecule has 0 bridgehead atoms. The predicted molar refractivity (Wildman–Crippen MR) is 272 cm³/mol. The minimum absolute atomic E-state index is 0.0523. The van der Waals surface area contributed by atoms with E-state index in [0.29, 0.717) is 17.4 Å². The van der Waals surface area contributed by atoms with Gasteiger partial charge in [0.15, 0.2) is 0 Å². The number of quaternary nitrogens is 1. The number of rotatable bonds is 48. The van der Waals surface area contributed by atoms with Crippen LogP contribution in [0.25, 0.3) is 0 Å². The average molecular weight is 908 g/mol. The zero-order valence-electron chi connectivity index (χ0n) is 42.1. The van der Waals surface area contributed by atoms with Crippen molar-refractivity contribution in [1.82, 2.24) is 5.32 Å². The Bertz CT molecular complexity index is 1170. The van der Waals surface area contributed by atoms with Gasteiger partial charge in [0.25, 0.3) is 0 Å². The van der Waals surface area contributed by atoms with Crippen LogP contribution in [0.2, 0.25) is 0 Å². The summed E-state index contributed by atoms with van der Waals surface area (Å²) in [7, 11) is 1.54. The van der Waals surface area contributed by atoms with Crippen LogP contribution in [0.3, 0.4) is 0 Å². The van der Waals surface area contributed by atoms with Crippen LogP contribution >= 0.6 is 7.82 Å². The van der Waals surface area contributed by atoms with Crippen molar-refractivity contribution in [3.05, 3.63) is 48.6 Å². The topological polar surface area (TPSA) is 105 Å². The van der Waals surface area contributed by atoms with E-state index in [0.717, 1.165) is 64.2 Å². The SMILES string of the molecule is CCCCCC/C=C\C/C=C\CCCCCCCC(=O)NC(COP(=O)(O)OCC[N+](C)(C)C)C(O)/C=C/CC/C=C/CCCCCCCCCCCCCCCCCCCCC. The molecular weight excluding hydrogens is 804 g/mol. The minimum atomic E-state index is -4.36. The van der Waals surface area contributed by atoms with Gasteiger partial charge in [0, 0.05) is 6.42 Å². The highest BCUT2D eigenvalue weighted by Gasteiger charge is 2.27. The maximum Gasteiger partial charge on any atom is 0.472 e. The number of amides is 1. The van der Waals surface area contributed by atoms with E-state index in [1.54, 1.807) is 6.08 Å². The Hall–Kier alpha value is -1.54. The fourth-order valence-electron chi connectivity index (χ4n) is 7.56. The van der Waals surface area contributed by atoms with E-state index in [1.807, 2.05) is 27.2 Å². The lowest BCUT2D eigenvalue weighted by Crippen LogP contribution is -2.45. The molecule has 3 N–H and O–H groups in total. The normalized spacial score (nSPS) is 14.5. The molecule has 0 radical (unpaired) electrons. The molecule has 0 spiro atoms. The Morgan fingerprint density at radius 1 is 0.540 bits per heavy atom. The second-order valence-electron chi connectivity index (χ2n) is 19.2. The van der Waals surface area contributed by atoms with Gasteiger partial charge in [-0.25, -0.2) is 4.57 Å². The Labute approximate surface area is 390 Å². The molecule has 0 saturated carbocycles. The fraction of sp³-hybridized carbons (Fsp3) is 0.833. The van der Waals surface area contributed by atoms with E-state index in [1.165, 1.54) is 154 Å². The van der Waals surface area contributed by atoms with Gasteiger partial charge in [-0.1, -0.05) is 217 Å². The number of nitrogens with one attached hydrogen (secondary N) is 1. The maximum absolute atomic E-state index is 12.9. The number of phosphoric acid groups is 1. The van der Waals surface area contributed by atoms with Crippen molar-refractivity contribution in [2.24, 2.45) is 0 Å². The summed E-state index contributed by atoms with van der Waals surface area (Å²) in [5, 5.41) is 13.9. The zero-order chi connectivity index (χ0) is 46.4. The molecule has 63 heavy (non-hydrogen) atoms. The number of phosphoric ester groups is 1. The van der Waals surface area contributed by atoms with Gasteiger partial charge < -0.3 is 19.8 Å². The van der Waals surface area contributed by atoms with E-state index in [2.05, 4.69) is 55.6 Å². The van der Waals surface area contributed by atoms with Crippen LogP contribution in [0.15, 0.2) is 48.6 Å². The molecule has 370 valence electrons. The summed E-state index contributed by atoms with van der Waals surface area (Å²) in [5.41, 5.74) is 0. The molecule has 3 atom stereocenters. The molecule has 0 heterocycles. The molecule has 0 aliphatic heterocycles. The quantitative estimate of drug-likeness (QED) is 0.0243. The number of likely N-dealkylation sites (N-methyl/N-ethyl adjacent to an activating group) is 1. The number of unbranched alkanes of at least 4 members (excludes halogenated alkanes) is 29. The molecule has 0 aliphatic carbocycles. The first-order valence-electron chi connectivity index (χ1n) is 26.5. The van der Waals surface area contributed by atoms with Crippen LogP contribution in [-0.2, 0) is 18.4 Å². The third-order valence-corrected chi connectivity index (χ3v) is 12.8. The second-order valence-corrected chi connectivity index (χ2v) is 20.7. The Morgan fingerprint density at radius 3 is 1.38 bits per heavy atom. The highest BCUT2D eigenvalue weighted by molar-refractivity contribution is 7.47. The molecule has 9 heteroatoms. The number of aliphatic hydroxyl groups is 1. The Morgan fingerprint density at radius 2 is 0.921 bits per heavy atom. The largest absolute Gasteiger partial charge is 0.472 e. The average Bonchev–Trinajstić information content (AvgIpc) is 3.24. The molecule has 0 aromatic heterocycles. The van der Waals surface area contributed by atoms with Gasteiger partial charge in [0.2, 0.25) is 5.91 Å². The monoisotopic (exact) mass is 908 g/mol. The van der Waals surface area contributed by atoms with E-state index in [-0.39, 0.29) is 19.1 Å². The minimum Gasteiger partial charge on any atom is -0.387 e. The summed E-state index contributed by atoms with van der Waals surface area (Å²) in [6.07, 6.45) is 59.2. The van der Waals surface area contributed by atoms with Crippen molar-refractivity contribution in [2.75, 3.05) is 40.9 Å². The van der Waals surface area contributed by atoms with Gasteiger partial charge in [0.05, 0.1) is 39.9 Å². The van der Waals surface area contributed by atoms with Crippen LogP contribution < -0.4 is 5.32 Å². The number of carbonyl (C=O) groups excluding carboxylic acids is 1. The molecular formula is C54H104N2O6P+. The summed E-state index contributed by atoms with van der Waals surface area (Å²) in [4.78, 5) is 23.2. The molecule has 0 aromatic carbocycles. The van der Waals surface area contributed by atoms with Gasteiger partial charge >= 0.3 is 7.82 Å². The Kier molecular flexibility index (Phi) is 44.5. The summed E-state index contributed by atoms with van der Waals surface area (Å²) >= 11 is 0. The predicted octanol–water partition coefficient (Wildman–Crippen LogP) is 15.6. The van der Waals surface area contributed by atoms with Crippen molar-refractivity contribution < 1.29 is 32.9 Å². The van der Waals surface area contributed by atoms with Crippen molar-refractivity contribution in [3.63, 3.8) is 0 Å². The van der Waals surface area contributed by atoms with E-state index in [4.69, 9.17) is 9.05 Å². The van der Waals surface area contributed by atoms with Gasteiger partial charge in [-0.3, -0.25) is 13.8 Å². The molecule has 0 saturated heterocycles. The zero-order valence-corrected chi connectivity index (χ0v) is 43.0. The van der Waals surface area contributed by atoms with Gasteiger partial charge in [0.1, 0.15) is 13.2 Å². The third-order valence-electron chi connectivity index (χ3n) is 11.8. The van der Waals surface area contributed by atoms with Gasteiger partial charge in [-0.2, -0.15) is 0 Å². The number of carbonyl (C=O) groups is 1. The summed E-state index contributed by atoms with van der Waals surface area (Å²) < 4.78 is 23.6. The molecule has 0 fully saturated rings. The van der Waals surface area contributed by atoms with Crippen LogP contribution in [-0.4, -0.2) is 73.4 Å². The van der Waals surface area contributed by atoms with E-state index < -0.39 is 20.0 Å². The number of hydrogen-bond donors (Lipinski definition) is 3. The molecule has 1 amide bonds. The lowest BCUT2D eigenvalue weighted by atomic mass is 10.0. The molecule has 0 aliphatic rings. The summed E-state index contributed by atoms with van der Waals surface area (Å²) in [5.74, 6) is -0.200. The molecule has 0 aromatic rings. The first-order chi connectivity index (χ1) is 30.5. The smallest absolute Gasteiger partial charge is 0.387 e. The maximum atomic E-state index is 12.9. The molecule has 0 rings (SSSR count). The summed E-state index contributed by atoms with van der Waals surface area (Å²) in [6, 6.07) is -0.871. The van der Waals surface area contributed by atoms with Crippen LogP contribution in [0.5, 0.6) is 0 Å². The van der Waals surface area contributed by atoms with Gasteiger partial charge in [-0.05, 0) is 64.2 Å². The number of nitrogens with zero attached hydrogens (tertiary/aromatic N) is 1. The Balaban J connectivity index is 4.32. The van der Waals surface area contributed by atoms with Crippen molar-refractivity contribution >= 4 is 13.7 Å². The van der Waals surface area contributed by atoms with E-state index >= 15 is 0 Å². The van der Waals surface area contributed by atoms with Crippen molar-refractivity contribution in [3.8, 4) is 0 Å². The summed E-state index contributed by atoms with van der Waals surface area (Å²) in [6.45, 7) is 4.78. The highest BCUT2D eigenvalue weighted by atomic mass is 31.2. The van der Waals surface area contributed by atoms with Gasteiger partial charge in [-0.15, -0.1) is 0 Å². The van der Waals surface area contributed by atoms with E-state index in [9.17, 15) is 19.4 Å². The number of hydrogen-bond acceptors (Lipinski definition) is 5. The lowest BCUT2D eigenvalue weighted by Gasteiger charge is -2.25.